The molecule has 0 heterocycles. The Bertz CT molecular complexity index is 1500. The third kappa shape index (κ3) is 62.8. The van der Waals surface area contributed by atoms with Crippen LogP contribution in [-0.4, -0.2) is 69.4 Å². The molecule has 0 saturated heterocycles. The van der Waals surface area contributed by atoms with E-state index in [-0.39, 0.29) is 31.5 Å². The minimum absolute atomic E-state index is 0.0198. The minimum Gasteiger partial charge on any atom is -0.756 e. The fourth-order valence-corrected chi connectivity index (χ4v) is 11.5. The quantitative estimate of drug-likeness (QED) is 0.0212. The molecule has 0 radical (unpaired) electrons. The molecule has 0 aliphatic rings. The fourth-order valence-electron chi connectivity index (χ4n) is 10.8. The molecule has 1 N–H and O–H groups in total. The van der Waals surface area contributed by atoms with E-state index in [1.807, 2.05) is 33.3 Å². The number of nitrogens with zero attached hydrogens (tertiary/aromatic N) is 1. The number of esters is 1. The smallest absolute Gasteiger partial charge is 0.306 e. The molecule has 0 bridgehead atoms. The summed E-state index contributed by atoms with van der Waals surface area (Å²) in [5.41, 5.74) is 0. The first-order chi connectivity index (χ1) is 39.9. The van der Waals surface area contributed by atoms with Crippen LogP contribution in [0.25, 0.3) is 0 Å². The molecule has 0 fully saturated rings. The van der Waals surface area contributed by atoms with Gasteiger partial charge >= 0.3 is 5.97 Å². The Morgan fingerprint density at radius 3 is 1.04 bits per heavy atom. The van der Waals surface area contributed by atoms with Crippen molar-refractivity contribution in [3.63, 3.8) is 0 Å². The van der Waals surface area contributed by atoms with Gasteiger partial charge < -0.3 is 28.5 Å². The van der Waals surface area contributed by atoms with Crippen LogP contribution >= 0.6 is 7.82 Å². The topological polar surface area (TPSA) is 114 Å². The summed E-state index contributed by atoms with van der Waals surface area (Å²) in [5, 5.41) is 3.05. The number of phosphoric acid groups is 1. The van der Waals surface area contributed by atoms with E-state index in [0.717, 1.165) is 57.8 Å². The molecule has 0 aliphatic carbocycles. The number of quaternary nitrogens is 1. The van der Waals surface area contributed by atoms with Crippen molar-refractivity contribution in [2.45, 2.75) is 373 Å². The maximum absolute atomic E-state index is 13.6. The van der Waals surface area contributed by atoms with Crippen molar-refractivity contribution in [2.24, 2.45) is 0 Å². The number of nitrogens with one attached hydrogen (secondary N) is 1. The first-order valence-corrected chi connectivity index (χ1v) is 37.3. The summed E-state index contributed by atoms with van der Waals surface area (Å²) in [6.07, 6.45) is 76.9. The molecular weight excluding hydrogens is 1040 g/mol. The molecule has 10 heteroatoms. The van der Waals surface area contributed by atoms with E-state index in [0.29, 0.717) is 17.4 Å². The second-order valence-corrected chi connectivity index (χ2v) is 27.1. The number of rotatable bonds is 66. The predicted molar refractivity (Wildman–Crippen MR) is 353 cm³/mol. The lowest BCUT2D eigenvalue weighted by atomic mass is 10.0. The Kier molecular flexibility index (Phi) is 60.9. The number of likely N-dealkylation sites (N-methyl/N-ethyl adjacent to an activating group) is 1. The minimum atomic E-state index is -4.70. The molecule has 0 aromatic rings. The van der Waals surface area contributed by atoms with Gasteiger partial charge in [-0.25, -0.2) is 0 Å². The van der Waals surface area contributed by atoms with Gasteiger partial charge in [-0.1, -0.05) is 302 Å². The number of phosphoric ester groups is 1. The van der Waals surface area contributed by atoms with Crippen LogP contribution in [0.3, 0.4) is 0 Å². The summed E-state index contributed by atoms with van der Waals surface area (Å²) in [6.45, 7) is 6.89. The zero-order valence-electron chi connectivity index (χ0n) is 55.5. The van der Waals surface area contributed by atoms with Gasteiger partial charge in [-0.05, 0) is 83.1 Å². The van der Waals surface area contributed by atoms with Gasteiger partial charge in [0.1, 0.15) is 19.3 Å². The summed E-state index contributed by atoms with van der Waals surface area (Å²) >= 11 is 0. The summed E-state index contributed by atoms with van der Waals surface area (Å²) < 4.78 is 30.5. The van der Waals surface area contributed by atoms with E-state index in [9.17, 15) is 19.0 Å². The lowest BCUT2D eigenvalue weighted by molar-refractivity contribution is -0.870. The van der Waals surface area contributed by atoms with Crippen LogP contribution in [0.5, 0.6) is 0 Å². The second kappa shape index (κ2) is 62.3. The van der Waals surface area contributed by atoms with Crippen LogP contribution in [-0.2, 0) is 27.9 Å². The number of unbranched alkanes of at least 4 members (excludes halogenated alkanes) is 46. The number of hydrogen-bond acceptors (Lipinski definition) is 7. The third-order valence-electron chi connectivity index (χ3n) is 16.3. The third-order valence-corrected chi connectivity index (χ3v) is 17.3. The summed E-state index contributed by atoms with van der Waals surface area (Å²) in [6, 6.07) is -0.886. The molecule has 0 saturated carbocycles. The predicted octanol–water partition coefficient (Wildman–Crippen LogP) is 22.0. The van der Waals surface area contributed by atoms with E-state index < -0.39 is 20.0 Å². The van der Waals surface area contributed by atoms with Crippen LogP contribution in [0.1, 0.15) is 361 Å². The number of carbonyl (C=O) groups excluding carboxylic acids is 2. The molecule has 0 aromatic carbocycles. The molecule has 3 unspecified atom stereocenters. The van der Waals surface area contributed by atoms with Crippen LogP contribution in [0, 0.1) is 0 Å². The molecule has 82 heavy (non-hydrogen) atoms. The van der Waals surface area contributed by atoms with E-state index in [2.05, 4.69) is 50.4 Å². The largest absolute Gasteiger partial charge is 0.756 e. The van der Waals surface area contributed by atoms with E-state index in [4.69, 9.17) is 13.8 Å². The highest BCUT2D eigenvalue weighted by molar-refractivity contribution is 7.45. The molecule has 0 aliphatic heterocycles. The number of hydrogen-bond donors (Lipinski definition) is 1. The Morgan fingerprint density at radius 1 is 0.415 bits per heavy atom. The van der Waals surface area contributed by atoms with Crippen LogP contribution in [0.2, 0.25) is 0 Å². The average Bonchev–Trinajstić information content (AvgIpc) is 3.47. The summed E-state index contributed by atoms with van der Waals surface area (Å²) in [7, 11) is 1.20. The molecular formula is C72H139N2O7P. The van der Waals surface area contributed by atoms with Gasteiger partial charge in [0, 0.05) is 12.8 Å². The standard InChI is InChI=1S/C72H139N2O7P/c1-7-10-13-16-19-22-25-28-30-32-34-36-37-39-40-42-44-46-49-52-55-58-61-64-71(75)73-69(68-80-82(77,78)79-67-66-74(4,5)6)70(63-60-57-54-51-48-27-24-21-18-15-12-9-3)81-72(76)65-62-59-56-53-50-47-45-43-41-38-35-33-31-29-26-23-20-17-14-11-8-2/h28-31,60,63,69-70H,7-27,32-59,61-62,64-68H2,1-6H3,(H-,73,75,77,78)/b30-28+,31-29+,63-60+. The van der Waals surface area contributed by atoms with E-state index >= 15 is 0 Å². The maximum Gasteiger partial charge on any atom is 0.306 e. The van der Waals surface area contributed by atoms with Crippen LogP contribution < -0.4 is 10.2 Å². The molecule has 484 valence electrons. The SMILES string of the molecule is CCCCCCCC/C=C/CCCCCCCCCCCCCCCC(=O)NC(COP(=O)([O-])OCC[N+](C)(C)C)C(/C=C/CCCCCCCCCCCC)OC(=O)CCCCCCCCCCCCC/C=C/CCCCCCCC. The number of allylic oxidation sites excluding steroid dienone is 5. The average molecular weight is 1180 g/mol. The van der Waals surface area contributed by atoms with Crippen molar-refractivity contribution in [3.05, 3.63) is 36.5 Å². The number of ether oxygens (including phenoxy) is 1. The zero-order valence-corrected chi connectivity index (χ0v) is 56.4. The molecule has 0 rings (SSSR count). The van der Waals surface area contributed by atoms with E-state index in [1.165, 1.54) is 270 Å². The van der Waals surface area contributed by atoms with Gasteiger partial charge in [0.2, 0.25) is 5.91 Å². The van der Waals surface area contributed by atoms with Gasteiger partial charge in [0.05, 0.1) is 33.8 Å². The lowest BCUT2D eigenvalue weighted by Gasteiger charge is -2.30. The fraction of sp³-hybridized carbons (Fsp3) is 0.889. The summed E-state index contributed by atoms with van der Waals surface area (Å²) in [4.78, 5) is 40.2. The highest BCUT2D eigenvalue weighted by Crippen LogP contribution is 2.38. The Hall–Kier alpha value is -1.77. The highest BCUT2D eigenvalue weighted by atomic mass is 31.2. The molecule has 1 amide bonds. The lowest BCUT2D eigenvalue weighted by Crippen LogP contribution is -2.47. The molecule has 3 atom stereocenters. The van der Waals surface area contributed by atoms with Crippen molar-refractivity contribution >= 4 is 19.7 Å². The van der Waals surface area contributed by atoms with Crippen molar-refractivity contribution in [2.75, 3.05) is 40.9 Å². The van der Waals surface area contributed by atoms with Gasteiger partial charge in [-0.15, -0.1) is 0 Å². The summed E-state index contributed by atoms with van der Waals surface area (Å²) in [5.74, 6) is -0.524. The van der Waals surface area contributed by atoms with Crippen LogP contribution in [0.4, 0.5) is 0 Å². The monoisotopic (exact) mass is 1180 g/mol. The maximum atomic E-state index is 13.6. The number of amides is 1. The van der Waals surface area contributed by atoms with Crippen molar-refractivity contribution in [3.8, 4) is 0 Å². The zero-order chi connectivity index (χ0) is 60.0. The Morgan fingerprint density at radius 2 is 0.707 bits per heavy atom. The first kappa shape index (κ1) is 80.2. The van der Waals surface area contributed by atoms with Gasteiger partial charge in [0.25, 0.3) is 7.82 Å². The number of carbonyl (C=O) groups is 2. The normalized spacial score (nSPS) is 13.7. The van der Waals surface area contributed by atoms with Gasteiger partial charge in [-0.3, -0.25) is 14.2 Å². The van der Waals surface area contributed by atoms with Gasteiger partial charge in [-0.2, -0.15) is 0 Å². The van der Waals surface area contributed by atoms with Crippen molar-refractivity contribution in [1.82, 2.24) is 5.32 Å². The van der Waals surface area contributed by atoms with Crippen LogP contribution in [0.15, 0.2) is 36.5 Å². The van der Waals surface area contributed by atoms with Gasteiger partial charge in [0.15, 0.2) is 0 Å². The highest BCUT2D eigenvalue weighted by Gasteiger charge is 2.27. The molecule has 9 nitrogen and oxygen atoms in total. The second-order valence-electron chi connectivity index (χ2n) is 25.7. The Balaban J connectivity index is 5.05. The Labute approximate surface area is 510 Å². The van der Waals surface area contributed by atoms with Crippen molar-refractivity contribution in [1.29, 1.82) is 0 Å². The van der Waals surface area contributed by atoms with E-state index in [1.54, 1.807) is 0 Å². The van der Waals surface area contributed by atoms with Crippen molar-refractivity contribution < 1.29 is 37.3 Å². The first-order valence-electron chi connectivity index (χ1n) is 35.8. The molecule has 0 aromatic heterocycles. The molecule has 0 spiro atoms.